The van der Waals surface area contributed by atoms with Gasteiger partial charge >= 0.3 is 0 Å². The maximum absolute atomic E-state index is 2.57. The third-order valence-corrected chi connectivity index (χ3v) is 12.5. The Labute approximate surface area is 236 Å². The molecule has 7 rings (SSSR count). The highest BCUT2D eigenvalue weighted by Gasteiger charge is 2.46. The number of hydrogen-bond acceptors (Lipinski definition) is 0. The fourth-order valence-corrected chi connectivity index (χ4v) is 11.1. The van der Waals surface area contributed by atoms with Gasteiger partial charge in [0.15, 0.2) is 0 Å². The van der Waals surface area contributed by atoms with E-state index in [0.29, 0.717) is 5.54 Å². The zero-order valence-electron chi connectivity index (χ0n) is 24.5. The van der Waals surface area contributed by atoms with E-state index < -0.39 is 8.80 Å². The van der Waals surface area contributed by atoms with E-state index in [4.69, 9.17) is 0 Å². The maximum atomic E-state index is 2.57. The second-order valence-corrected chi connectivity index (χ2v) is 16.3. The first-order valence-corrected chi connectivity index (χ1v) is 16.3. The van der Waals surface area contributed by atoms with Gasteiger partial charge in [-0.05, 0) is 83.3 Å². The highest BCUT2D eigenvalue weighted by Crippen LogP contribution is 2.53. The van der Waals surface area contributed by atoms with Crippen molar-refractivity contribution in [2.75, 3.05) is 0 Å². The van der Waals surface area contributed by atoms with Crippen molar-refractivity contribution in [2.45, 2.75) is 77.7 Å². The Hall–Kier alpha value is -3.16. The zero-order valence-corrected chi connectivity index (χ0v) is 25.5. The molecule has 4 aromatic carbocycles. The number of allylic oxidation sites excluding steroid dienone is 1. The summed E-state index contributed by atoms with van der Waals surface area (Å²) in [6.45, 7) is 16.5. The quantitative estimate of drug-likeness (QED) is 0.235. The topological polar surface area (TPSA) is 0 Å². The third kappa shape index (κ3) is 3.62. The van der Waals surface area contributed by atoms with Crippen molar-refractivity contribution in [2.24, 2.45) is 0 Å². The molecule has 39 heavy (non-hydrogen) atoms. The van der Waals surface area contributed by atoms with Crippen LogP contribution >= 0.6 is 0 Å². The van der Waals surface area contributed by atoms with Crippen molar-refractivity contribution < 1.29 is 0 Å². The van der Waals surface area contributed by atoms with Crippen LogP contribution in [0.4, 0.5) is 0 Å². The maximum Gasteiger partial charge on any atom is 0.135 e. The molecule has 2 aliphatic heterocycles. The average molecular weight is 524 g/mol. The molecule has 195 valence electrons. The Bertz CT molecular complexity index is 1650. The molecule has 1 aliphatic carbocycles. The van der Waals surface area contributed by atoms with Crippen LogP contribution in [0, 0.1) is 0 Å². The third-order valence-electron chi connectivity index (χ3n) is 9.19. The molecule has 0 nitrogen and oxygen atoms in total. The number of rotatable bonds is 3. The van der Waals surface area contributed by atoms with Gasteiger partial charge in [-0.1, -0.05) is 139 Å². The molecule has 0 saturated heterocycles. The molecule has 0 aromatic heterocycles. The van der Waals surface area contributed by atoms with Gasteiger partial charge in [0.1, 0.15) is 8.80 Å². The molecular formula is C38H39Si. The van der Waals surface area contributed by atoms with Gasteiger partial charge in [0.05, 0.1) is 0 Å². The zero-order chi connectivity index (χ0) is 27.3. The summed E-state index contributed by atoms with van der Waals surface area (Å²) < 4.78 is 0. The van der Waals surface area contributed by atoms with Crippen LogP contribution in [0.5, 0.6) is 0 Å². The van der Waals surface area contributed by atoms with Gasteiger partial charge in [0, 0.05) is 5.54 Å². The van der Waals surface area contributed by atoms with Gasteiger partial charge in [-0.3, -0.25) is 0 Å². The molecule has 1 radical (unpaired) electrons. The van der Waals surface area contributed by atoms with Gasteiger partial charge in [0.25, 0.3) is 0 Å². The lowest BCUT2D eigenvalue weighted by atomic mass is 9.77. The van der Waals surface area contributed by atoms with E-state index in [1.807, 2.05) is 0 Å². The molecular weight excluding hydrogens is 485 g/mol. The van der Waals surface area contributed by atoms with Gasteiger partial charge in [0.2, 0.25) is 0 Å². The van der Waals surface area contributed by atoms with Crippen LogP contribution in [0.3, 0.4) is 0 Å². The Morgan fingerprint density at radius 3 is 2.00 bits per heavy atom. The molecule has 0 spiro atoms. The minimum atomic E-state index is -1.04. The first kappa shape index (κ1) is 24.8. The van der Waals surface area contributed by atoms with Crippen molar-refractivity contribution in [1.82, 2.24) is 0 Å². The molecule has 1 unspecified atom stereocenters. The van der Waals surface area contributed by atoms with E-state index in [-0.39, 0.29) is 10.8 Å². The predicted octanol–water partition coefficient (Wildman–Crippen LogP) is 9.04. The Morgan fingerprint density at radius 1 is 0.692 bits per heavy atom. The van der Waals surface area contributed by atoms with Crippen molar-refractivity contribution in [1.29, 1.82) is 0 Å². The van der Waals surface area contributed by atoms with E-state index in [2.05, 4.69) is 127 Å². The van der Waals surface area contributed by atoms with Crippen LogP contribution in [-0.4, -0.2) is 8.80 Å². The normalized spacial score (nSPS) is 17.1. The molecule has 3 aliphatic rings. The number of fused-ring (bicyclic) bond motifs is 6. The fourth-order valence-electron chi connectivity index (χ4n) is 7.23. The minimum Gasteiger partial charge on any atom is -0.0651 e. The summed E-state index contributed by atoms with van der Waals surface area (Å²) in [7, 11) is -1.04. The summed E-state index contributed by atoms with van der Waals surface area (Å²) in [6, 6.07) is 28.8. The molecule has 0 saturated carbocycles. The van der Waals surface area contributed by atoms with Crippen molar-refractivity contribution >= 4 is 25.2 Å². The van der Waals surface area contributed by atoms with E-state index >= 15 is 0 Å². The molecule has 0 fully saturated rings. The standard InChI is InChI=1S/C38H39Si/c1-8-12-24-19-23-17-18-29-31-15-11-14-30-28-13-9-10-16-32(28)39(36(30)31)35(24)34(23)33(29)25-20-26(37(2,3)4)22-27(21-25)38(5,6)7/h9-11,13-22,35H,8,12H2,1-7H3. The monoisotopic (exact) mass is 523 g/mol. The SMILES string of the molecule is CCCC1=Cc2ccc3c(-c4cc(C(C)(C)C)cc(C(C)(C)C)c4)c2C1[Si]1c2ccccc2-c2cccc-3c21. The van der Waals surface area contributed by atoms with Crippen LogP contribution in [0.25, 0.3) is 39.5 Å². The predicted molar refractivity (Wildman–Crippen MR) is 171 cm³/mol. The van der Waals surface area contributed by atoms with Crippen molar-refractivity contribution in [3.05, 3.63) is 101 Å². The number of hydrogen-bond donors (Lipinski definition) is 0. The summed E-state index contributed by atoms with van der Waals surface area (Å²) in [5.41, 5.74) is 17.0. The molecule has 2 bridgehead atoms. The summed E-state index contributed by atoms with van der Waals surface area (Å²) >= 11 is 0. The van der Waals surface area contributed by atoms with E-state index in [1.54, 1.807) is 21.5 Å². The highest BCUT2D eigenvalue weighted by molar-refractivity contribution is 6.92. The lowest BCUT2D eigenvalue weighted by molar-refractivity contribution is 0.569. The van der Waals surface area contributed by atoms with E-state index in [1.165, 1.54) is 62.9 Å². The van der Waals surface area contributed by atoms with Crippen LogP contribution in [0.1, 0.15) is 89.1 Å². The smallest absolute Gasteiger partial charge is 0.0651 e. The average Bonchev–Trinajstić information content (AvgIpc) is 3.39. The summed E-state index contributed by atoms with van der Waals surface area (Å²) in [5, 5.41) is 3.26. The number of benzene rings is 4. The summed E-state index contributed by atoms with van der Waals surface area (Å²) in [5.74, 6) is 0. The van der Waals surface area contributed by atoms with Crippen molar-refractivity contribution in [3.63, 3.8) is 0 Å². The largest absolute Gasteiger partial charge is 0.135 e. The Morgan fingerprint density at radius 2 is 1.33 bits per heavy atom. The van der Waals surface area contributed by atoms with Crippen LogP contribution in [-0.2, 0) is 10.8 Å². The molecule has 0 N–H and O–H groups in total. The minimum absolute atomic E-state index is 0.0870. The van der Waals surface area contributed by atoms with Gasteiger partial charge in [-0.15, -0.1) is 0 Å². The van der Waals surface area contributed by atoms with E-state index in [0.717, 1.165) is 0 Å². The first-order valence-electron chi connectivity index (χ1n) is 14.7. The lowest BCUT2D eigenvalue weighted by Crippen LogP contribution is -2.44. The second kappa shape index (κ2) is 8.42. The van der Waals surface area contributed by atoms with Gasteiger partial charge < -0.3 is 0 Å². The second-order valence-electron chi connectivity index (χ2n) is 13.9. The molecule has 4 aromatic rings. The summed E-state index contributed by atoms with van der Waals surface area (Å²) in [6.07, 6.45) is 4.94. The lowest BCUT2D eigenvalue weighted by Gasteiger charge is -2.28. The highest BCUT2D eigenvalue weighted by atomic mass is 28.3. The van der Waals surface area contributed by atoms with Gasteiger partial charge in [-0.2, -0.15) is 0 Å². The van der Waals surface area contributed by atoms with Crippen LogP contribution in [0.2, 0.25) is 0 Å². The molecule has 1 atom stereocenters. The Balaban J connectivity index is 1.60. The van der Waals surface area contributed by atoms with E-state index in [9.17, 15) is 0 Å². The Kier molecular flexibility index (Phi) is 5.36. The molecule has 2 heterocycles. The van der Waals surface area contributed by atoms with Crippen LogP contribution < -0.4 is 10.4 Å². The fraction of sp³-hybridized carbons (Fsp3) is 0.316. The molecule has 0 amide bonds. The summed E-state index contributed by atoms with van der Waals surface area (Å²) in [4.78, 5) is 0. The first-order chi connectivity index (χ1) is 18.6. The van der Waals surface area contributed by atoms with Gasteiger partial charge in [-0.25, -0.2) is 0 Å². The molecule has 1 heteroatoms. The van der Waals surface area contributed by atoms with Crippen molar-refractivity contribution in [3.8, 4) is 33.4 Å². The van der Waals surface area contributed by atoms with Crippen LogP contribution in [0.15, 0.2) is 78.4 Å².